The van der Waals surface area contributed by atoms with Crippen molar-refractivity contribution >= 4 is 27.0 Å². The molecule has 0 radical (unpaired) electrons. The van der Waals surface area contributed by atoms with Gasteiger partial charge in [0.05, 0.1) is 16.3 Å². The van der Waals surface area contributed by atoms with Gasteiger partial charge in [0.15, 0.2) is 17.3 Å². The van der Waals surface area contributed by atoms with Crippen LogP contribution in [0.5, 0.6) is 11.5 Å². The van der Waals surface area contributed by atoms with Crippen molar-refractivity contribution in [3.63, 3.8) is 0 Å². The van der Waals surface area contributed by atoms with Crippen molar-refractivity contribution in [3.8, 4) is 11.5 Å². The quantitative estimate of drug-likeness (QED) is 0.692. The molecule has 0 spiro atoms. The first-order valence-corrected chi connectivity index (χ1v) is 6.58. The van der Waals surface area contributed by atoms with Crippen LogP contribution in [0.3, 0.4) is 0 Å². The van der Waals surface area contributed by atoms with E-state index < -0.39 is 11.6 Å². The number of fused-ring (bicyclic) bond motifs is 1. The lowest BCUT2D eigenvalue weighted by Crippen LogP contribution is -1.92. The summed E-state index contributed by atoms with van der Waals surface area (Å²) in [5, 5.41) is 0. The number of halogens is 3. The molecule has 0 aliphatic rings. The zero-order chi connectivity index (χ0) is 14.3. The van der Waals surface area contributed by atoms with Crippen LogP contribution in [0.25, 0.3) is 11.0 Å². The summed E-state index contributed by atoms with van der Waals surface area (Å²) in [4.78, 5) is 4.23. The van der Waals surface area contributed by atoms with Crippen LogP contribution in [0, 0.1) is 11.6 Å². The van der Waals surface area contributed by atoms with Gasteiger partial charge in [-0.3, -0.25) is 0 Å². The summed E-state index contributed by atoms with van der Waals surface area (Å²) in [6.07, 6.45) is 1.64. The highest BCUT2D eigenvalue weighted by Gasteiger charge is 2.14. The van der Waals surface area contributed by atoms with Crippen molar-refractivity contribution in [1.29, 1.82) is 0 Å². The topological polar surface area (TPSA) is 27.1 Å². The van der Waals surface area contributed by atoms with Crippen LogP contribution in [0.15, 0.2) is 41.1 Å². The lowest BCUT2D eigenvalue weighted by Gasteiger charge is -2.09. The van der Waals surface area contributed by atoms with Crippen LogP contribution in [0.1, 0.15) is 0 Å². The van der Waals surface area contributed by atoms with Gasteiger partial charge in [-0.05, 0) is 40.2 Å². The Labute approximate surface area is 121 Å². The molecule has 0 aliphatic heterocycles. The first kappa shape index (κ1) is 13.1. The van der Waals surface area contributed by atoms with Crippen molar-refractivity contribution in [2.45, 2.75) is 0 Å². The Morgan fingerprint density at radius 2 is 2.00 bits per heavy atom. The molecule has 0 saturated heterocycles. The van der Waals surface area contributed by atoms with Gasteiger partial charge in [-0.1, -0.05) is 0 Å². The highest BCUT2D eigenvalue weighted by molar-refractivity contribution is 9.10. The fraction of sp³-hybridized carbons (Fsp3) is 0.0714. The average molecular weight is 339 g/mol. The Balaban J connectivity index is 2.12. The summed E-state index contributed by atoms with van der Waals surface area (Å²) in [5.74, 6) is -1.06. The molecule has 1 heterocycles. The maximum absolute atomic E-state index is 13.7. The predicted octanol–water partition coefficient (Wildman–Crippen LogP) is 4.41. The van der Waals surface area contributed by atoms with E-state index in [9.17, 15) is 8.78 Å². The normalized spacial score (nSPS) is 11.0. The highest BCUT2D eigenvalue weighted by atomic mass is 79.9. The van der Waals surface area contributed by atoms with E-state index in [0.29, 0.717) is 15.7 Å². The third kappa shape index (κ3) is 2.16. The Bertz CT molecular complexity index is 801. The van der Waals surface area contributed by atoms with Crippen molar-refractivity contribution in [1.82, 2.24) is 9.55 Å². The molecule has 0 N–H and O–H groups in total. The van der Waals surface area contributed by atoms with Crippen LogP contribution in [-0.4, -0.2) is 9.55 Å². The third-order valence-corrected chi connectivity index (χ3v) is 3.53. The van der Waals surface area contributed by atoms with Gasteiger partial charge in [0, 0.05) is 13.1 Å². The Morgan fingerprint density at radius 3 is 2.75 bits per heavy atom. The second-order valence-electron chi connectivity index (χ2n) is 4.28. The molecule has 102 valence electrons. The van der Waals surface area contributed by atoms with E-state index >= 15 is 0 Å². The zero-order valence-corrected chi connectivity index (χ0v) is 12.0. The Kier molecular flexibility index (Phi) is 3.17. The summed E-state index contributed by atoms with van der Waals surface area (Å²) in [6, 6.07) is 6.84. The molecule has 0 unspecified atom stereocenters. The number of aromatic nitrogens is 2. The number of imidazole rings is 1. The molecule has 0 amide bonds. The molecule has 0 atom stereocenters. The van der Waals surface area contributed by atoms with E-state index in [0.717, 1.165) is 17.6 Å². The van der Waals surface area contributed by atoms with Gasteiger partial charge in [0.25, 0.3) is 0 Å². The number of nitrogens with zero attached hydrogens (tertiary/aromatic N) is 2. The highest BCUT2D eigenvalue weighted by Crippen LogP contribution is 2.36. The Morgan fingerprint density at radius 1 is 1.20 bits per heavy atom. The van der Waals surface area contributed by atoms with Gasteiger partial charge in [0.1, 0.15) is 11.3 Å². The minimum Gasteiger partial charge on any atom is -0.451 e. The molecule has 3 nitrogen and oxygen atoms in total. The number of hydrogen-bond acceptors (Lipinski definition) is 2. The predicted molar refractivity (Wildman–Crippen MR) is 74.8 cm³/mol. The fourth-order valence-electron chi connectivity index (χ4n) is 1.92. The van der Waals surface area contributed by atoms with E-state index in [1.54, 1.807) is 12.4 Å². The second-order valence-corrected chi connectivity index (χ2v) is 5.13. The Hall–Kier alpha value is -1.95. The van der Waals surface area contributed by atoms with Crippen LogP contribution < -0.4 is 4.74 Å². The smallest absolute Gasteiger partial charge is 0.169 e. The summed E-state index contributed by atoms with van der Waals surface area (Å²) < 4.78 is 34.6. The monoisotopic (exact) mass is 338 g/mol. The minimum absolute atomic E-state index is 0.0507. The van der Waals surface area contributed by atoms with E-state index in [-0.39, 0.29) is 5.75 Å². The maximum atomic E-state index is 13.7. The number of rotatable bonds is 2. The second kappa shape index (κ2) is 4.86. The zero-order valence-electron chi connectivity index (χ0n) is 10.4. The molecule has 0 fully saturated rings. The largest absolute Gasteiger partial charge is 0.451 e. The van der Waals surface area contributed by atoms with Crippen LogP contribution in [-0.2, 0) is 7.05 Å². The van der Waals surface area contributed by atoms with Crippen LogP contribution in [0.2, 0.25) is 0 Å². The van der Waals surface area contributed by atoms with Gasteiger partial charge in [-0.25, -0.2) is 13.8 Å². The van der Waals surface area contributed by atoms with Gasteiger partial charge in [-0.15, -0.1) is 0 Å². The lowest BCUT2D eigenvalue weighted by molar-refractivity contribution is 0.439. The van der Waals surface area contributed by atoms with Gasteiger partial charge in [-0.2, -0.15) is 0 Å². The van der Waals surface area contributed by atoms with Crippen molar-refractivity contribution in [2.75, 3.05) is 0 Å². The molecule has 20 heavy (non-hydrogen) atoms. The van der Waals surface area contributed by atoms with E-state index in [4.69, 9.17) is 4.74 Å². The molecule has 3 aromatic rings. The van der Waals surface area contributed by atoms with E-state index in [2.05, 4.69) is 20.9 Å². The van der Waals surface area contributed by atoms with Crippen LogP contribution >= 0.6 is 15.9 Å². The SMILES string of the molecule is Cn1cnc2c(Oc3ccc(F)cc3F)c(Br)ccc21. The maximum Gasteiger partial charge on any atom is 0.169 e. The third-order valence-electron chi connectivity index (χ3n) is 2.91. The van der Waals surface area contributed by atoms with Gasteiger partial charge in [0.2, 0.25) is 0 Å². The minimum atomic E-state index is -0.759. The van der Waals surface area contributed by atoms with Crippen LogP contribution in [0.4, 0.5) is 8.78 Å². The molecule has 6 heteroatoms. The average Bonchev–Trinajstić information content (AvgIpc) is 2.77. The first-order valence-electron chi connectivity index (χ1n) is 5.78. The number of aryl methyl sites for hydroxylation is 1. The summed E-state index contributed by atoms with van der Waals surface area (Å²) in [6.45, 7) is 0. The molecule has 1 aromatic heterocycles. The summed E-state index contributed by atoms with van der Waals surface area (Å²) in [7, 11) is 1.85. The first-order chi connectivity index (χ1) is 9.56. The standard InChI is InChI=1S/C14H9BrF2N2O/c1-19-7-18-13-11(19)4-3-9(15)14(13)20-12-5-2-8(16)6-10(12)17/h2-7H,1H3. The molecule has 0 saturated carbocycles. The van der Waals surface area contributed by atoms with Gasteiger partial charge < -0.3 is 9.30 Å². The summed E-state index contributed by atoms with van der Waals surface area (Å²) >= 11 is 3.35. The number of hydrogen-bond donors (Lipinski definition) is 0. The van der Waals surface area contributed by atoms with Gasteiger partial charge >= 0.3 is 0 Å². The molecular formula is C14H9BrF2N2O. The molecule has 0 bridgehead atoms. The molecule has 0 aliphatic carbocycles. The molecule has 2 aromatic carbocycles. The molecular weight excluding hydrogens is 330 g/mol. The van der Waals surface area contributed by atoms with E-state index in [1.165, 1.54) is 6.07 Å². The molecule has 3 rings (SSSR count). The van der Waals surface area contributed by atoms with Crippen molar-refractivity contribution in [2.24, 2.45) is 7.05 Å². The number of benzene rings is 2. The van der Waals surface area contributed by atoms with Crippen molar-refractivity contribution < 1.29 is 13.5 Å². The number of ether oxygens (including phenoxy) is 1. The van der Waals surface area contributed by atoms with E-state index in [1.807, 2.05) is 17.7 Å². The van der Waals surface area contributed by atoms with Crippen molar-refractivity contribution in [3.05, 3.63) is 52.8 Å². The lowest BCUT2D eigenvalue weighted by atomic mass is 10.3. The fourth-order valence-corrected chi connectivity index (χ4v) is 2.32. The summed E-state index contributed by atoms with van der Waals surface area (Å²) in [5.41, 5.74) is 1.45.